The van der Waals surface area contributed by atoms with Crippen LogP contribution < -0.4 is 10.6 Å². The van der Waals surface area contributed by atoms with Gasteiger partial charge >= 0.3 is 5.97 Å². The molecule has 1 saturated heterocycles. The lowest BCUT2D eigenvalue weighted by Gasteiger charge is -2.18. The molecule has 1 heterocycles. The second-order valence-corrected chi connectivity index (χ2v) is 5.71. The summed E-state index contributed by atoms with van der Waals surface area (Å²) in [6.07, 6.45) is 2.67. The van der Waals surface area contributed by atoms with Gasteiger partial charge in [0.15, 0.2) is 0 Å². The Kier molecular flexibility index (Phi) is 8.66. The van der Waals surface area contributed by atoms with Gasteiger partial charge in [0.25, 0.3) is 0 Å². The first-order valence-corrected chi connectivity index (χ1v) is 7.81. The highest BCUT2D eigenvalue weighted by molar-refractivity contribution is 5.85. The smallest absolute Gasteiger partial charge is 0.307 e. The molecule has 1 aliphatic heterocycles. The zero-order chi connectivity index (χ0) is 15.8. The summed E-state index contributed by atoms with van der Waals surface area (Å²) in [7, 11) is 1.36. The number of esters is 1. The fourth-order valence-corrected chi connectivity index (χ4v) is 2.75. The number of halogens is 1. The van der Waals surface area contributed by atoms with E-state index in [1.54, 1.807) is 0 Å². The standard InChI is InChI=1S/C17H24N2O3.ClH/c1-22-17(21)11-15(14-5-3-2-4-6-14)19-16(20)8-7-13-9-10-18-12-13;/h2-6,13,15,18H,7-12H2,1H3,(H,19,20);1H. The van der Waals surface area contributed by atoms with Crippen molar-refractivity contribution in [2.75, 3.05) is 20.2 Å². The number of hydrogen-bond donors (Lipinski definition) is 2. The Morgan fingerprint density at radius 1 is 1.35 bits per heavy atom. The maximum absolute atomic E-state index is 12.2. The monoisotopic (exact) mass is 340 g/mol. The Balaban J connectivity index is 0.00000264. The number of carbonyl (C=O) groups excluding carboxylic acids is 2. The molecule has 0 spiro atoms. The zero-order valence-electron chi connectivity index (χ0n) is 13.4. The molecular formula is C17H25ClN2O3. The Labute approximate surface area is 143 Å². The largest absolute Gasteiger partial charge is 0.469 e. The fraction of sp³-hybridized carbons (Fsp3) is 0.529. The van der Waals surface area contributed by atoms with Crippen LogP contribution in [-0.4, -0.2) is 32.1 Å². The molecule has 0 aliphatic carbocycles. The van der Waals surface area contributed by atoms with E-state index < -0.39 is 0 Å². The molecule has 0 saturated carbocycles. The summed E-state index contributed by atoms with van der Waals surface area (Å²) in [5.74, 6) is 0.250. The highest BCUT2D eigenvalue weighted by Gasteiger charge is 2.20. The third-order valence-corrected chi connectivity index (χ3v) is 4.08. The molecule has 0 aromatic heterocycles. The molecule has 1 fully saturated rings. The van der Waals surface area contributed by atoms with Gasteiger partial charge in [0.05, 0.1) is 19.6 Å². The summed E-state index contributed by atoms with van der Waals surface area (Å²) in [6, 6.07) is 9.20. The highest BCUT2D eigenvalue weighted by Crippen LogP contribution is 2.19. The molecule has 2 unspecified atom stereocenters. The number of amides is 1. The highest BCUT2D eigenvalue weighted by atomic mass is 35.5. The molecule has 1 aromatic carbocycles. The minimum atomic E-state index is -0.331. The van der Waals surface area contributed by atoms with E-state index in [0.29, 0.717) is 12.3 Å². The molecule has 1 aliphatic rings. The van der Waals surface area contributed by atoms with Crippen LogP contribution in [0.5, 0.6) is 0 Å². The van der Waals surface area contributed by atoms with E-state index in [9.17, 15) is 9.59 Å². The first kappa shape index (κ1) is 19.5. The van der Waals surface area contributed by atoms with Gasteiger partial charge < -0.3 is 15.4 Å². The summed E-state index contributed by atoms with van der Waals surface area (Å²) < 4.78 is 4.73. The SMILES string of the molecule is COC(=O)CC(NC(=O)CCC1CCNC1)c1ccccc1.Cl. The molecule has 2 rings (SSSR count). The van der Waals surface area contributed by atoms with E-state index in [2.05, 4.69) is 10.6 Å². The predicted molar refractivity (Wildman–Crippen MR) is 91.4 cm³/mol. The van der Waals surface area contributed by atoms with Crippen LogP contribution >= 0.6 is 12.4 Å². The number of methoxy groups -OCH3 is 1. The number of rotatable bonds is 7. The Morgan fingerprint density at radius 2 is 2.09 bits per heavy atom. The van der Waals surface area contributed by atoms with E-state index >= 15 is 0 Å². The van der Waals surface area contributed by atoms with E-state index in [1.165, 1.54) is 7.11 Å². The van der Waals surface area contributed by atoms with Crippen LogP contribution in [0.15, 0.2) is 30.3 Å². The molecular weight excluding hydrogens is 316 g/mol. The first-order valence-electron chi connectivity index (χ1n) is 7.81. The van der Waals surface area contributed by atoms with Crippen molar-refractivity contribution < 1.29 is 14.3 Å². The lowest BCUT2D eigenvalue weighted by atomic mass is 10.0. The van der Waals surface area contributed by atoms with Crippen LogP contribution in [-0.2, 0) is 14.3 Å². The molecule has 23 heavy (non-hydrogen) atoms. The van der Waals surface area contributed by atoms with Crippen LogP contribution in [0.1, 0.15) is 37.3 Å². The minimum absolute atomic E-state index is 0. The van der Waals surface area contributed by atoms with Gasteiger partial charge in [-0.25, -0.2) is 0 Å². The third-order valence-electron chi connectivity index (χ3n) is 4.08. The molecule has 2 atom stereocenters. The Hall–Kier alpha value is -1.59. The normalized spacial score (nSPS) is 17.9. The van der Waals surface area contributed by atoms with Gasteiger partial charge in [0.2, 0.25) is 5.91 Å². The fourth-order valence-electron chi connectivity index (χ4n) is 2.75. The summed E-state index contributed by atoms with van der Waals surface area (Å²) in [5, 5.41) is 6.27. The van der Waals surface area contributed by atoms with Crippen molar-refractivity contribution in [1.29, 1.82) is 0 Å². The first-order chi connectivity index (χ1) is 10.7. The number of hydrogen-bond acceptors (Lipinski definition) is 4. The van der Waals surface area contributed by atoms with E-state index in [4.69, 9.17) is 4.74 Å². The zero-order valence-corrected chi connectivity index (χ0v) is 14.2. The maximum atomic E-state index is 12.2. The van der Waals surface area contributed by atoms with E-state index in [1.807, 2.05) is 30.3 Å². The molecule has 1 aromatic rings. The van der Waals surface area contributed by atoms with Crippen molar-refractivity contribution in [3.8, 4) is 0 Å². The van der Waals surface area contributed by atoms with Gasteiger partial charge in [-0.3, -0.25) is 9.59 Å². The van der Waals surface area contributed by atoms with Crippen molar-refractivity contribution in [1.82, 2.24) is 10.6 Å². The minimum Gasteiger partial charge on any atom is -0.469 e. The molecule has 5 nitrogen and oxygen atoms in total. The average molecular weight is 341 g/mol. The molecule has 0 bridgehead atoms. The quantitative estimate of drug-likeness (QED) is 0.747. The van der Waals surface area contributed by atoms with Crippen LogP contribution in [0.2, 0.25) is 0 Å². The van der Waals surface area contributed by atoms with Crippen LogP contribution in [0.25, 0.3) is 0 Å². The lowest BCUT2D eigenvalue weighted by molar-refractivity contribution is -0.141. The van der Waals surface area contributed by atoms with Crippen molar-refractivity contribution in [2.45, 2.75) is 31.7 Å². The lowest BCUT2D eigenvalue weighted by Crippen LogP contribution is -2.30. The van der Waals surface area contributed by atoms with Gasteiger partial charge in [-0.05, 0) is 37.4 Å². The Bertz CT molecular complexity index is 490. The average Bonchev–Trinajstić information content (AvgIpc) is 3.06. The molecule has 2 N–H and O–H groups in total. The number of carbonyl (C=O) groups is 2. The number of benzene rings is 1. The van der Waals surface area contributed by atoms with Gasteiger partial charge in [0, 0.05) is 6.42 Å². The van der Waals surface area contributed by atoms with Crippen molar-refractivity contribution in [2.24, 2.45) is 5.92 Å². The second-order valence-electron chi connectivity index (χ2n) is 5.71. The van der Waals surface area contributed by atoms with Crippen molar-refractivity contribution >= 4 is 24.3 Å². The van der Waals surface area contributed by atoms with E-state index in [0.717, 1.165) is 31.5 Å². The van der Waals surface area contributed by atoms with Gasteiger partial charge in [-0.15, -0.1) is 12.4 Å². The topological polar surface area (TPSA) is 67.4 Å². The molecule has 6 heteroatoms. The van der Waals surface area contributed by atoms with Gasteiger partial charge in [-0.2, -0.15) is 0 Å². The van der Waals surface area contributed by atoms with E-state index in [-0.39, 0.29) is 36.7 Å². The van der Waals surface area contributed by atoms with Crippen LogP contribution in [0.4, 0.5) is 0 Å². The van der Waals surface area contributed by atoms with Crippen LogP contribution in [0.3, 0.4) is 0 Å². The summed E-state index contributed by atoms with van der Waals surface area (Å²) in [5.41, 5.74) is 0.920. The molecule has 0 radical (unpaired) electrons. The molecule has 128 valence electrons. The van der Waals surface area contributed by atoms with Crippen molar-refractivity contribution in [3.05, 3.63) is 35.9 Å². The molecule has 1 amide bonds. The Morgan fingerprint density at radius 3 is 2.70 bits per heavy atom. The van der Waals surface area contributed by atoms with Gasteiger partial charge in [0.1, 0.15) is 0 Å². The summed E-state index contributed by atoms with van der Waals surface area (Å²) in [6.45, 7) is 2.04. The van der Waals surface area contributed by atoms with Crippen molar-refractivity contribution in [3.63, 3.8) is 0 Å². The third kappa shape index (κ3) is 6.59. The number of ether oxygens (including phenoxy) is 1. The second kappa shape index (κ2) is 10.2. The van der Waals surface area contributed by atoms with Crippen LogP contribution in [0, 0.1) is 5.92 Å². The maximum Gasteiger partial charge on any atom is 0.307 e. The summed E-state index contributed by atoms with van der Waals surface area (Å²) >= 11 is 0. The number of nitrogens with one attached hydrogen (secondary N) is 2. The summed E-state index contributed by atoms with van der Waals surface area (Å²) in [4.78, 5) is 23.7. The predicted octanol–water partition coefficient (Wildman–Crippen LogP) is 2.22. The van der Waals surface area contributed by atoms with Gasteiger partial charge in [-0.1, -0.05) is 30.3 Å².